The van der Waals surface area contributed by atoms with Gasteiger partial charge in [0.15, 0.2) is 0 Å². The maximum Gasteiger partial charge on any atom is 0.282 e. The topological polar surface area (TPSA) is 75.6 Å². The molecule has 0 atom stereocenters. The van der Waals surface area contributed by atoms with Crippen molar-refractivity contribution < 1.29 is 13.2 Å². The highest BCUT2D eigenvalue weighted by Gasteiger charge is 2.26. The van der Waals surface area contributed by atoms with Crippen molar-refractivity contribution in [1.82, 2.24) is 0 Å². The Morgan fingerprint density at radius 2 is 1.58 bits per heavy atom. The first-order chi connectivity index (χ1) is 14.7. The number of hydrogen-bond donors (Lipinski definition) is 1. The largest absolute Gasteiger partial charge is 0.352 e. The molecule has 0 heterocycles. The van der Waals surface area contributed by atoms with E-state index in [0.717, 1.165) is 16.8 Å². The Morgan fingerprint density at radius 1 is 0.903 bits per heavy atom. The molecule has 0 bridgehead atoms. The summed E-state index contributed by atoms with van der Waals surface area (Å²) in [5.74, 6) is -0.224. The third-order valence-corrected chi connectivity index (χ3v) is 6.51. The van der Waals surface area contributed by atoms with E-state index in [-0.39, 0.29) is 22.1 Å². The van der Waals surface area contributed by atoms with Crippen LogP contribution in [0.5, 0.6) is 0 Å². The zero-order chi connectivity index (χ0) is 22.2. The van der Waals surface area contributed by atoms with Gasteiger partial charge in [0.2, 0.25) is 5.78 Å². The molecule has 5 nitrogen and oxygen atoms in total. The van der Waals surface area contributed by atoms with Crippen molar-refractivity contribution in [2.45, 2.75) is 18.7 Å². The Kier molecular flexibility index (Phi) is 5.52. The first kappa shape index (κ1) is 21.0. The van der Waals surface area contributed by atoms with E-state index in [1.165, 1.54) is 30.3 Å². The number of halogens is 1. The fourth-order valence-corrected chi connectivity index (χ4v) is 4.51. The molecular weight excluding hydrogens is 432 g/mol. The van der Waals surface area contributed by atoms with Gasteiger partial charge in [0.05, 0.1) is 16.3 Å². The smallest absolute Gasteiger partial charge is 0.282 e. The molecular formula is C24H19ClN2O3S. The molecule has 1 aliphatic carbocycles. The van der Waals surface area contributed by atoms with Gasteiger partial charge in [-0.3, -0.25) is 4.79 Å². The van der Waals surface area contributed by atoms with Gasteiger partial charge >= 0.3 is 0 Å². The molecule has 4 rings (SSSR count). The molecule has 0 fully saturated rings. The number of fused-ring (bicyclic) bond motifs is 1. The quantitative estimate of drug-likeness (QED) is 0.583. The number of sulfonamides is 1. The summed E-state index contributed by atoms with van der Waals surface area (Å²) in [6.07, 6.45) is 1.48. The van der Waals surface area contributed by atoms with E-state index in [2.05, 4.69) is 9.71 Å². The van der Waals surface area contributed by atoms with E-state index in [1.54, 1.807) is 24.3 Å². The van der Waals surface area contributed by atoms with E-state index in [9.17, 15) is 13.2 Å². The van der Waals surface area contributed by atoms with Gasteiger partial charge < -0.3 is 5.32 Å². The molecule has 0 aliphatic heterocycles. The average Bonchev–Trinajstić information content (AvgIpc) is 2.73. The van der Waals surface area contributed by atoms with Crippen LogP contribution in [0.15, 0.2) is 87.8 Å². The Morgan fingerprint density at radius 3 is 2.26 bits per heavy atom. The third-order valence-electron chi connectivity index (χ3n) is 4.95. The summed E-state index contributed by atoms with van der Waals surface area (Å²) in [6, 6.07) is 18.5. The van der Waals surface area contributed by atoms with Gasteiger partial charge in [-0.25, -0.2) is 0 Å². The second kappa shape index (κ2) is 8.13. The predicted octanol–water partition coefficient (Wildman–Crippen LogP) is 5.33. The van der Waals surface area contributed by atoms with Crippen molar-refractivity contribution in [1.29, 1.82) is 0 Å². The molecule has 0 saturated heterocycles. The molecule has 3 aromatic carbocycles. The van der Waals surface area contributed by atoms with Gasteiger partial charge in [-0.05, 0) is 55.8 Å². The van der Waals surface area contributed by atoms with Crippen LogP contribution in [-0.2, 0) is 10.0 Å². The maximum absolute atomic E-state index is 13.1. The van der Waals surface area contributed by atoms with Crippen LogP contribution in [0.4, 0.5) is 5.69 Å². The van der Waals surface area contributed by atoms with E-state index in [1.807, 2.05) is 32.0 Å². The van der Waals surface area contributed by atoms with Crippen LogP contribution < -0.4 is 5.32 Å². The van der Waals surface area contributed by atoms with Crippen molar-refractivity contribution in [3.8, 4) is 0 Å². The van der Waals surface area contributed by atoms with Gasteiger partial charge in [0.25, 0.3) is 10.0 Å². The summed E-state index contributed by atoms with van der Waals surface area (Å²) in [6.45, 7) is 3.93. The van der Waals surface area contributed by atoms with Gasteiger partial charge in [0.1, 0.15) is 0 Å². The summed E-state index contributed by atoms with van der Waals surface area (Å²) in [7, 11) is -4.00. The fourth-order valence-electron chi connectivity index (χ4n) is 3.39. The summed E-state index contributed by atoms with van der Waals surface area (Å²) in [5.41, 5.74) is 4.16. The lowest BCUT2D eigenvalue weighted by Crippen LogP contribution is -2.23. The maximum atomic E-state index is 13.1. The first-order valence-electron chi connectivity index (χ1n) is 9.55. The molecule has 0 saturated carbocycles. The number of carbonyl (C=O) groups is 1. The number of Topliss-reactive ketones (excluding diaryl/α,β-unsaturated/α-hetero) is 1. The average molecular weight is 451 g/mol. The third kappa shape index (κ3) is 4.31. The molecule has 1 aliphatic rings. The van der Waals surface area contributed by atoms with Gasteiger partial charge in [-0.2, -0.15) is 12.8 Å². The van der Waals surface area contributed by atoms with Crippen molar-refractivity contribution >= 4 is 38.8 Å². The molecule has 31 heavy (non-hydrogen) atoms. The van der Waals surface area contributed by atoms with Crippen molar-refractivity contribution in [3.63, 3.8) is 0 Å². The molecule has 7 heteroatoms. The van der Waals surface area contributed by atoms with Crippen LogP contribution >= 0.6 is 11.6 Å². The number of benzene rings is 3. The van der Waals surface area contributed by atoms with Crippen molar-refractivity contribution in [2.75, 3.05) is 5.32 Å². The van der Waals surface area contributed by atoms with Crippen LogP contribution in [0.2, 0.25) is 5.02 Å². The number of rotatable bonds is 4. The van der Waals surface area contributed by atoms with Crippen LogP contribution in [0.25, 0.3) is 0 Å². The number of hydrogen-bond acceptors (Lipinski definition) is 4. The lowest BCUT2D eigenvalue weighted by Gasteiger charge is -2.19. The minimum Gasteiger partial charge on any atom is -0.352 e. The number of nitrogens with zero attached hydrogens (tertiary/aromatic N) is 1. The van der Waals surface area contributed by atoms with Gasteiger partial charge in [0, 0.05) is 21.8 Å². The highest BCUT2D eigenvalue weighted by atomic mass is 35.5. The number of ketones is 1. The number of allylic oxidation sites excluding steroid dienone is 2. The fraction of sp³-hybridized carbons (Fsp3) is 0.0833. The van der Waals surface area contributed by atoms with E-state index < -0.39 is 10.0 Å². The highest BCUT2D eigenvalue weighted by Crippen LogP contribution is 2.26. The van der Waals surface area contributed by atoms with E-state index >= 15 is 0 Å². The zero-order valence-electron chi connectivity index (χ0n) is 16.9. The first-order valence-corrected chi connectivity index (χ1v) is 11.4. The van der Waals surface area contributed by atoms with Crippen LogP contribution in [0.3, 0.4) is 0 Å². The lowest BCUT2D eigenvalue weighted by atomic mass is 9.92. The van der Waals surface area contributed by atoms with E-state index in [4.69, 9.17) is 11.6 Å². The molecule has 1 N–H and O–H groups in total. The molecule has 0 unspecified atom stereocenters. The zero-order valence-corrected chi connectivity index (χ0v) is 18.5. The standard InChI is InChI=1S/C24H19ClN2O3S/c1-15-7-12-21(16(2)13-15)26-23-14-22(19-5-3-4-6-20(19)24(23)28)27-31(29,30)18-10-8-17(25)9-11-18/h3-14,26H,1-2H3. The van der Waals surface area contributed by atoms with Crippen LogP contribution in [0, 0.1) is 13.8 Å². The minimum absolute atomic E-state index is 0.0241. The number of anilines is 1. The second-order valence-corrected chi connectivity index (χ2v) is 9.32. The second-order valence-electron chi connectivity index (χ2n) is 7.28. The van der Waals surface area contributed by atoms with Crippen molar-refractivity contribution in [3.05, 3.63) is 106 Å². The molecule has 0 spiro atoms. The highest BCUT2D eigenvalue weighted by molar-refractivity contribution is 7.90. The van der Waals surface area contributed by atoms with Crippen LogP contribution in [0.1, 0.15) is 27.0 Å². The lowest BCUT2D eigenvalue weighted by molar-refractivity contribution is 0.103. The normalized spacial score (nSPS) is 14.9. The van der Waals surface area contributed by atoms with E-state index in [0.29, 0.717) is 16.1 Å². The molecule has 0 radical (unpaired) electrons. The summed E-state index contributed by atoms with van der Waals surface area (Å²) < 4.78 is 29.8. The minimum atomic E-state index is -4.00. The molecule has 156 valence electrons. The van der Waals surface area contributed by atoms with Crippen LogP contribution in [-0.4, -0.2) is 19.9 Å². The Balaban J connectivity index is 1.82. The van der Waals surface area contributed by atoms with Crippen molar-refractivity contribution in [2.24, 2.45) is 4.40 Å². The van der Waals surface area contributed by atoms with Gasteiger partial charge in [-0.1, -0.05) is 53.6 Å². The molecule has 0 aromatic heterocycles. The monoisotopic (exact) mass is 450 g/mol. The SMILES string of the molecule is Cc1ccc(NC2=CC(=NS(=O)(=O)c3ccc(Cl)cc3)c3ccccc3C2=O)c(C)c1. The number of carbonyl (C=O) groups excluding carboxylic acids is 1. The Labute approximate surface area is 186 Å². The predicted molar refractivity (Wildman–Crippen MR) is 124 cm³/mol. The summed E-state index contributed by atoms with van der Waals surface area (Å²) in [4.78, 5) is 13.1. The Bertz CT molecular complexity index is 1360. The number of nitrogens with one attached hydrogen (secondary N) is 1. The molecule has 0 amide bonds. The Hall–Kier alpha value is -3.22. The molecule has 3 aromatic rings. The summed E-state index contributed by atoms with van der Waals surface area (Å²) >= 11 is 5.87. The summed E-state index contributed by atoms with van der Waals surface area (Å²) in [5, 5.41) is 3.58. The van der Waals surface area contributed by atoms with Gasteiger partial charge in [-0.15, -0.1) is 0 Å². The number of aryl methyl sites for hydroxylation is 2.